The number of piperidine rings is 1. The van der Waals surface area contributed by atoms with Gasteiger partial charge in [-0.25, -0.2) is 8.42 Å². The molecule has 0 bridgehead atoms. The predicted octanol–water partition coefficient (Wildman–Crippen LogP) is 2.94. The van der Waals surface area contributed by atoms with Gasteiger partial charge in [0, 0.05) is 19.0 Å². The van der Waals surface area contributed by atoms with Gasteiger partial charge in [0.15, 0.2) is 0 Å². The normalized spacial score (nSPS) is 21.5. The molecule has 1 fully saturated rings. The van der Waals surface area contributed by atoms with Crippen molar-refractivity contribution in [2.75, 3.05) is 19.0 Å². The highest BCUT2D eigenvalue weighted by Crippen LogP contribution is 2.26. The summed E-state index contributed by atoms with van der Waals surface area (Å²) < 4.78 is 26.9. The average Bonchev–Trinajstić information content (AvgIpc) is 2.38. The molecule has 1 atom stereocenters. The molecule has 1 saturated heterocycles. The van der Waals surface area contributed by atoms with E-state index in [9.17, 15) is 8.42 Å². The molecule has 1 unspecified atom stereocenters. The first-order valence-electron chi connectivity index (χ1n) is 6.58. The maximum Gasteiger partial charge on any atom is 0.243 e. The van der Waals surface area contributed by atoms with Crippen molar-refractivity contribution in [3.63, 3.8) is 0 Å². The van der Waals surface area contributed by atoms with E-state index in [2.05, 4.69) is 0 Å². The molecule has 5 heteroatoms. The summed E-state index contributed by atoms with van der Waals surface area (Å²) in [4.78, 5) is 0.424. The average molecular weight is 302 g/mol. The topological polar surface area (TPSA) is 37.4 Å². The van der Waals surface area contributed by atoms with Crippen molar-refractivity contribution < 1.29 is 8.42 Å². The lowest BCUT2D eigenvalue weighted by molar-refractivity contribution is 0.283. The summed E-state index contributed by atoms with van der Waals surface area (Å²) in [6.07, 6.45) is 1.91. The fraction of sp³-hybridized carbons (Fsp3) is 0.571. The van der Waals surface area contributed by atoms with Crippen LogP contribution in [0, 0.1) is 19.8 Å². The highest BCUT2D eigenvalue weighted by Gasteiger charge is 2.30. The van der Waals surface area contributed by atoms with Gasteiger partial charge in [-0.05, 0) is 44.2 Å². The zero-order valence-electron chi connectivity index (χ0n) is 11.4. The summed E-state index contributed by atoms with van der Waals surface area (Å²) in [5, 5.41) is 0. The molecule has 1 aromatic carbocycles. The number of nitrogens with zero attached hydrogens (tertiary/aromatic N) is 1. The van der Waals surface area contributed by atoms with Gasteiger partial charge < -0.3 is 0 Å². The third kappa shape index (κ3) is 3.12. The van der Waals surface area contributed by atoms with E-state index in [4.69, 9.17) is 11.6 Å². The lowest BCUT2D eigenvalue weighted by Gasteiger charge is -2.31. The molecule has 1 aliphatic rings. The van der Waals surface area contributed by atoms with E-state index in [1.54, 1.807) is 10.4 Å². The minimum Gasteiger partial charge on any atom is -0.207 e. The van der Waals surface area contributed by atoms with Crippen LogP contribution >= 0.6 is 11.6 Å². The zero-order valence-corrected chi connectivity index (χ0v) is 13.0. The van der Waals surface area contributed by atoms with Gasteiger partial charge in [-0.15, -0.1) is 11.6 Å². The molecule has 0 radical (unpaired) electrons. The summed E-state index contributed by atoms with van der Waals surface area (Å²) in [5.74, 6) is 0.801. The Kier molecular flexibility index (Phi) is 4.54. The van der Waals surface area contributed by atoms with Crippen LogP contribution in [0.2, 0.25) is 0 Å². The zero-order chi connectivity index (χ0) is 14.0. The molecule has 0 spiro atoms. The van der Waals surface area contributed by atoms with Crippen molar-refractivity contribution in [3.8, 4) is 0 Å². The Bertz CT molecular complexity index is 557. The molecule has 1 aliphatic heterocycles. The van der Waals surface area contributed by atoms with Crippen LogP contribution in [0.5, 0.6) is 0 Å². The van der Waals surface area contributed by atoms with Gasteiger partial charge in [0.2, 0.25) is 10.0 Å². The van der Waals surface area contributed by atoms with E-state index in [0.717, 1.165) is 24.0 Å². The van der Waals surface area contributed by atoms with Gasteiger partial charge in [-0.2, -0.15) is 4.31 Å². The van der Waals surface area contributed by atoms with E-state index < -0.39 is 10.0 Å². The number of hydrogen-bond acceptors (Lipinski definition) is 2. The monoisotopic (exact) mass is 301 g/mol. The number of benzene rings is 1. The maximum atomic E-state index is 12.7. The summed E-state index contributed by atoms with van der Waals surface area (Å²) in [7, 11) is -3.38. The molecule has 19 heavy (non-hydrogen) atoms. The standard InChI is InChI=1S/C14H20ClNO2S/c1-11-5-6-14(12(2)8-11)19(17,18)16-7-3-4-13(9-15)10-16/h5-6,8,13H,3-4,7,9-10H2,1-2H3. The highest BCUT2D eigenvalue weighted by atomic mass is 35.5. The second kappa shape index (κ2) is 5.81. The number of alkyl halides is 1. The summed E-state index contributed by atoms with van der Waals surface area (Å²) in [5.41, 5.74) is 1.89. The fourth-order valence-electron chi connectivity index (χ4n) is 2.60. The van der Waals surface area contributed by atoms with E-state index in [0.29, 0.717) is 23.9 Å². The Morgan fingerprint density at radius 1 is 1.37 bits per heavy atom. The first kappa shape index (κ1) is 14.8. The number of rotatable bonds is 3. The third-order valence-electron chi connectivity index (χ3n) is 3.65. The number of aryl methyl sites for hydroxylation is 2. The van der Waals surface area contributed by atoms with Crippen LogP contribution in [-0.4, -0.2) is 31.7 Å². The second-order valence-corrected chi connectivity index (χ2v) is 7.51. The predicted molar refractivity (Wildman–Crippen MR) is 78.1 cm³/mol. The van der Waals surface area contributed by atoms with Crippen molar-refractivity contribution in [2.24, 2.45) is 5.92 Å². The Morgan fingerprint density at radius 2 is 2.11 bits per heavy atom. The fourth-order valence-corrected chi connectivity index (χ4v) is 4.61. The van der Waals surface area contributed by atoms with Crippen LogP contribution in [-0.2, 0) is 10.0 Å². The number of halogens is 1. The molecular weight excluding hydrogens is 282 g/mol. The minimum atomic E-state index is -3.38. The molecule has 0 amide bonds. The van der Waals surface area contributed by atoms with Crippen LogP contribution in [0.1, 0.15) is 24.0 Å². The van der Waals surface area contributed by atoms with E-state index >= 15 is 0 Å². The van der Waals surface area contributed by atoms with Gasteiger partial charge >= 0.3 is 0 Å². The van der Waals surface area contributed by atoms with Crippen LogP contribution in [0.15, 0.2) is 23.1 Å². The molecular formula is C14H20ClNO2S. The van der Waals surface area contributed by atoms with E-state index in [-0.39, 0.29) is 5.92 Å². The van der Waals surface area contributed by atoms with Crippen LogP contribution < -0.4 is 0 Å². The number of sulfonamides is 1. The molecule has 0 saturated carbocycles. The van der Waals surface area contributed by atoms with Crippen molar-refractivity contribution in [2.45, 2.75) is 31.6 Å². The summed E-state index contributed by atoms with van der Waals surface area (Å²) in [6, 6.07) is 5.48. The van der Waals surface area contributed by atoms with Gasteiger partial charge in [-0.1, -0.05) is 17.7 Å². The minimum absolute atomic E-state index is 0.274. The molecule has 106 valence electrons. The van der Waals surface area contributed by atoms with Gasteiger partial charge in [0.1, 0.15) is 0 Å². The third-order valence-corrected chi connectivity index (χ3v) is 6.11. The van der Waals surface area contributed by atoms with Crippen LogP contribution in [0.25, 0.3) is 0 Å². The highest BCUT2D eigenvalue weighted by molar-refractivity contribution is 7.89. The first-order valence-corrected chi connectivity index (χ1v) is 8.56. The molecule has 0 aliphatic carbocycles. The lowest BCUT2D eigenvalue weighted by atomic mass is 10.0. The quantitative estimate of drug-likeness (QED) is 0.805. The summed E-state index contributed by atoms with van der Waals surface area (Å²) in [6.45, 7) is 4.96. The largest absolute Gasteiger partial charge is 0.243 e. The summed E-state index contributed by atoms with van der Waals surface area (Å²) >= 11 is 5.87. The van der Waals surface area contributed by atoms with Gasteiger partial charge in [0.05, 0.1) is 4.90 Å². The first-order chi connectivity index (χ1) is 8.95. The van der Waals surface area contributed by atoms with E-state index in [1.807, 2.05) is 26.0 Å². The second-order valence-electron chi connectivity index (χ2n) is 5.29. The Morgan fingerprint density at radius 3 is 2.74 bits per heavy atom. The Balaban J connectivity index is 2.31. The van der Waals surface area contributed by atoms with E-state index in [1.165, 1.54) is 0 Å². The van der Waals surface area contributed by atoms with Crippen LogP contribution in [0.3, 0.4) is 0 Å². The maximum absolute atomic E-state index is 12.7. The Hall–Kier alpha value is -0.580. The molecule has 0 N–H and O–H groups in total. The van der Waals surface area contributed by atoms with Gasteiger partial charge in [0.25, 0.3) is 0 Å². The Labute approximate surface area is 120 Å². The molecule has 0 aromatic heterocycles. The van der Waals surface area contributed by atoms with Crippen molar-refractivity contribution in [3.05, 3.63) is 29.3 Å². The molecule has 3 nitrogen and oxygen atoms in total. The van der Waals surface area contributed by atoms with Crippen molar-refractivity contribution in [1.82, 2.24) is 4.31 Å². The van der Waals surface area contributed by atoms with Crippen molar-refractivity contribution in [1.29, 1.82) is 0 Å². The smallest absolute Gasteiger partial charge is 0.207 e. The number of hydrogen-bond donors (Lipinski definition) is 0. The van der Waals surface area contributed by atoms with Crippen LogP contribution in [0.4, 0.5) is 0 Å². The lowest BCUT2D eigenvalue weighted by Crippen LogP contribution is -2.40. The molecule has 1 heterocycles. The molecule has 2 rings (SSSR count). The van der Waals surface area contributed by atoms with Gasteiger partial charge in [-0.3, -0.25) is 0 Å². The molecule has 1 aromatic rings. The SMILES string of the molecule is Cc1ccc(S(=O)(=O)N2CCCC(CCl)C2)c(C)c1. The van der Waals surface area contributed by atoms with Crippen molar-refractivity contribution >= 4 is 21.6 Å².